The molecule has 0 fully saturated rings. The molecule has 6 nitrogen and oxygen atoms in total. The summed E-state index contributed by atoms with van der Waals surface area (Å²) in [5.74, 6) is 1.84. The van der Waals surface area contributed by atoms with E-state index in [1.54, 1.807) is 0 Å². The summed E-state index contributed by atoms with van der Waals surface area (Å²) in [5.41, 5.74) is 9.31. The van der Waals surface area contributed by atoms with Crippen LogP contribution in [0.1, 0.15) is 0 Å². The lowest BCUT2D eigenvalue weighted by Gasteiger charge is -2.12. The molecule has 51 heavy (non-hydrogen) atoms. The van der Waals surface area contributed by atoms with Gasteiger partial charge in [-0.1, -0.05) is 91.0 Å². The molecule has 10 rings (SSSR count). The van der Waals surface area contributed by atoms with Crippen LogP contribution in [0.4, 0.5) is 0 Å². The van der Waals surface area contributed by atoms with Crippen LogP contribution < -0.4 is 0 Å². The maximum Gasteiger partial charge on any atom is 0.164 e. The maximum atomic E-state index is 5.14. The highest BCUT2D eigenvalue weighted by Crippen LogP contribution is 2.30. The van der Waals surface area contributed by atoms with Gasteiger partial charge in [-0.25, -0.2) is 15.0 Å². The van der Waals surface area contributed by atoms with Crippen molar-refractivity contribution in [1.29, 1.82) is 0 Å². The minimum absolute atomic E-state index is 0.613. The average Bonchev–Trinajstić information content (AvgIpc) is 3.95. The Morgan fingerprint density at radius 2 is 0.608 bits per heavy atom. The second-order valence-corrected chi connectivity index (χ2v) is 12.7. The molecule has 0 aliphatic carbocycles. The van der Waals surface area contributed by atoms with E-state index in [1.807, 2.05) is 0 Å². The zero-order chi connectivity index (χ0) is 33.7. The zero-order valence-corrected chi connectivity index (χ0v) is 27.5. The zero-order valence-electron chi connectivity index (χ0n) is 27.5. The van der Waals surface area contributed by atoms with Gasteiger partial charge in [0, 0.05) is 52.3 Å². The van der Waals surface area contributed by atoms with Crippen molar-refractivity contribution in [2.75, 3.05) is 0 Å². The lowest BCUT2D eigenvalue weighted by atomic mass is 10.1. The van der Waals surface area contributed by atoms with E-state index >= 15 is 0 Å². The Morgan fingerprint density at radius 1 is 0.294 bits per heavy atom. The van der Waals surface area contributed by atoms with Crippen LogP contribution >= 0.6 is 0 Å². The van der Waals surface area contributed by atoms with Gasteiger partial charge in [0.1, 0.15) is 0 Å². The fraction of sp³-hybridized carbons (Fsp3) is 0. The summed E-state index contributed by atoms with van der Waals surface area (Å²) in [7, 11) is 0. The standard InChI is InChI=1S/C45H30N6/c1-4-19-40-31(10-1)22-25-49(40)37-16-7-13-34(28-37)43-46-44(35-14-8-17-38(29-35)50-26-23-32-11-2-5-20-41(32)50)48-45(47-43)36-15-9-18-39(30-36)51-27-24-33-12-3-6-21-42(33)51/h1-30H. The lowest BCUT2D eigenvalue weighted by Crippen LogP contribution is -2.02. The van der Waals surface area contributed by atoms with E-state index in [1.165, 1.54) is 16.2 Å². The first kappa shape index (κ1) is 28.9. The van der Waals surface area contributed by atoms with Crippen molar-refractivity contribution in [3.8, 4) is 51.2 Å². The van der Waals surface area contributed by atoms with Crippen molar-refractivity contribution in [1.82, 2.24) is 28.7 Å². The van der Waals surface area contributed by atoms with Gasteiger partial charge in [-0.15, -0.1) is 0 Å². The van der Waals surface area contributed by atoms with Gasteiger partial charge in [0.15, 0.2) is 17.5 Å². The Balaban J connectivity index is 1.13. The number of rotatable bonds is 6. The highest BCUT2D eigenvalue weighted by atomic mass is 15.0. The first-order chi connectivity index (χ1) is 25.2. The Kier molecular flexibility index (Phi) is 6.70. The van der Waals surface area contributed by atoms with Gasteiger partial charge in [-0.3, -0.25) is 0 Å². The van der Waals surface area contributed by atoms with Crippen LogP contribution in [0.2, 0.25) is 0 Å². The quantitative estimate of drug-likeness (QED) is 0.179. The largest absolute Gasteiger partial charge is 0.317 e. The second kappa shape index (κ2) is 11.8. The van der Waals surface area contributed by atoms with Gasteiger partial charge < -0.3 is 13.7 Å². The Hall–Kier alpha value is -7.05. The molecular formula is C45H30N6. The summed E-state index contributed by atoms with van der Waals surface area (Å²) in [6.07, 6.45) is 6.34. The van der Waals surface area contributed by atoms with Crippen LogP contribution in [-0.2, 0) is 0 Å². The van der Waals surface area contributed by atoms with Gasteiger partial charge in [-0.2, -0.15) is 0 Å². The van der Waals surface area contributed by atoms with E-state index in [4.69, 9.17) is 15.0 Å². The number of benzene rings is 6. The van der Waals surface area contributed by atoms with Crippen molar-refractivity contribution in [2.45, 2.75) is 0 Å². The van der Waals surface area contributed by atoms with E-state index in [0.29, 0.717) is 17.5 Å². The highest BCUT2D eigenvalue weighted by molar-refractivity contribution is 5.84. The normalized spacial score (nSPS) is 11.5. The molecule has 0 saturated heterocycles. The van der Waals surface area contributed by atoms with Crippen molar-refractivity contribution in [3.05, 3.63) is 182 Å². The van der Waals surface area contributed by atoms with Crippen LogP contribution in [0.25, 0.3) is 83.9 Å². The smallest absolute Gasteiger partial charge is 0.164 e. The summed E-state index contributed by atoms with van der Waals surface area (Å²) in [6.45, 7) is 0. The van der Waals surface area contributed by atoms with Gasteiger partial charge in [0.2, 0.25) is 0 Å². The number of hydrogen-bond acceptors (Lipinski definition) is 3. The van der Waals surface area contributed by atoms with Gasteiger partial charge >= 0.3 is 0 Å². The summed E-state index contributed by atoms with van der Waals surface area (Å²) >= 11 is 0. The Labute approximate surface area is 294 Å². The fourth-order valence-electron chi connectivity index (χ4n) is 7.07. The highest BCUT2D eigenvalue weighted by Gasteiger charge is 2.15. The van der Waals surface area contributed by atoms with Crippen LogP contribution in [0.5, 0.6) is 0 Å². The number of fused-ring (bicyclic) bond motifs is 3. The van der Waals surface area contributed by atoms with Crippen molar-refractivity contribution in [3.63, 3.8) is 0 Å². The molecule has 0 atom stereocenters. The number of hydrogen-bond donors (Lipinski definition) is 0. The SMILES string of the molecule is c1cc(-c2nc(-c3cccc(-n4ccc5ccccc54)c3)nc(-c3cccc(-n4ccc5ccccc54)c3)n2)cc(-n2ccc3ccccc32)c1. The molecule has 0 spiro atoms. The molecule has 240 valence electrons. The monoisotopic (exact) mass is 654 g/mol. The molecule has 0 amide bonds. The first-order valence-electron chi connectivity index (χ1n) is 17.0. The molecule has 4 aromatic heterocycles. The van der Waals surface area contributed by atoms with E-state index in [2.05, 4.69) is 196 Å². The third kappa shape index (κ3) is 5.09. The minimum atomic E-state index is 0.613. The topological polar surface area (TPSA) is 53.5 Å². The van der Waals surface area contributed by atoms with Crippen molar-refractivity contribution >= 4 is 32.7 Å². The minimum Gasteiger partial charge on any atom is -0.317 e. The molecule has 0 bridgehead atoms. The maximum absolute atomic E-state index is 5.14. The van der Waals surface area contributed by atoms with Crippen LogP contribution in [-0.4, -0.2) is 28.7 Å². The van der Waals surface area contributed by atoms with Crippen LogP contribution in [0.3, 0.4) is 0 Å². The average molecular weight is 655 g/mol. The molecule has 6 aromatic carbocycles. The summed E-state index contributed by atoms with van der Waals surface area (Å²) in [4.78, 5) is 15.4. The molecule has 0 radical (unpaired) electrons. The third-order valence-corrected chi connectivity index (χ3v) is 9.58. The van der Waals surface area contributed by atoms with E-state index in [-0.39, 0.29) is 0 Å². The lowest BCUT2D eigenvalue weighted by molar-refractivity contribution is 1.06. The summed E-state index contributed by atoms with van der Waals surface area (Å²) < 4.78 is 6.62. The Bertz CT molecular complexity index is 2560. The molecule has 0 saturated carbocycles. The molecule has 0 aliphatic rings. The number of aromatic nitrogens is 6. The van der Waals surface area contributed by atoms with Crippen molar-refractivity contribution < 1.29 is 0 Å². The number of para-hydroxylation sites is 3. The van der Waals surface area contributed by atoms with Crippen LogP contribution in [0.15, 0.2) is 182 Å². The third-order valence-electron chi connectivity index (χ3n) is 9.58. The molecule has 4 heterocycles. The van der Waals surface area contributed by atoms with Gasteiger partial charge in [0.25, 0.3) is 0 Å². The molecule has 0 N–H and O–H groups in total. The van der Waals surface area contributed by atoms with E-state index in [9.17, 15) is 0 Å². The summed E-state index contributed by atoms with van der Waals surface area (Å²) in [5, 5.41) is 3.58. The molecule has 10 aromatic rings. The fourth-order valence-corrected chi connectivity index (χ4v) is 7.07. The van der Waals surface area contributed by atoms with Crippen LogP contribution in [0, 0.1) is 0 Å². The summed E-state index contributed by atoms with van der Waals surface area (Å²) in [6, 6.07) is 56.9. The van der Waals surface area contributed by atoms with Gasteiger partial charge in [-0.05, 0) is 89.0 Å². The Morgan fingerprint density at radius 3 is 0.941 bits per heavy atom. The molecule has 0 unspecified atom stereocenters. The van der Waals surface area contributed by atoms with Crippen molar-refractivity contribution in [2.24, 2.45) is 0 Å². The van der Waals surface area contributed by atoms with E-state index in [0.717, 1.165) is 50.3 Å². The molecular weight excluding hydrogens is 625 g/mol. The predicted molar refractivity (Wildman–Crippen MR) is 207 cm³/mol. The van der Waals surface area contributed by atoms with E-state index < -0.39 is 0 Å². The first-order valence-corrected chi connectivity index (χ1v) is 17.0. The second-order valence-electron chi connectivity index (χ2n) is 12.7. The van der Waals surface area contributed by atoms with Gasteiger partial charge in [0.05, 0.1) is 16.6 Å². The number of nitrogens with zero attached hydrogens (tertiary/aromatic N) is 6. The predicted octanol–water partition coefficient (Wildman–Crippen LogP) is 10.7. The molecule has 0 aliphatic heterocycles. The molecule has 6 heteroatoms.